The number of benzene rings is 1. The standard InChI is InChI=1S/C14H16N2O5/c17-7-10-6-16(3-4-20-10)14(19)9-1-2-11-12(5-9)21-8-13(18)15-11/h1-2,5,10,17H,3-4,6-8H2,(H,15,18). The van der Waals surface area contributed by atoms with Gasteiger partial charge in [0.2, 0.25) is 0 Å². The Kier molecular flexibility index (Phi) is 3.76. The van der Waals surface area contributed by atoms with E-state index in [9.17, 15) is 9.59 Å². The lowest BCUT2D eigenvalue weighted by Crippen LogP contribution is -2.46. The summed E-state index contributed by atoms with van der Waals surface area (Å²) in [5.74, 6) is 0.146. The normalized spacial score (nSPS) is 21.3. The number of hydrogen-bond acceptors (Lipinski definition) is 5. The van der Waals surface area contributed by atoms with Crippen LogP contribution in [-0.4, -0.2) is 60.8 Å². The van der Waals surface area contributed by atoms with Gasteiger partial charge in [0.1, 0.15) is 5.75 Å². The van der Waals surface area contributed by atoms with Crippen LogP contribution in [0.4, 0.5) is 5.69 Å². The Bertz CT molecular complexity index is 574. The van der Waals surface area contributed by atoms with Gasteiger partial charge in [-0.3, -0.25) is 9.59 Å². The van der Waals surface area contributed by atoms with E-state index in [-0.39, 0.29) is 31.1 Å². The van der Waals surface area contributed by atoms with Crippen LogP contribution in [-0.2, 0) is 9.53 Å². The van der Waals surface area contributed by atoms with Crippen LogP contribution in [0, 0.1) is 0 Å². The molecule has 1 unspecified atom stereocenters. The highest BCUT2D eigenvalue weighted by molar-refractivity contribution is 5.99. The maximum Gasteiger partial charge on any atom is 0.262 e. The molecule has 1 saturated heterocycles. The first-order valence-corrected chi connectivity index (χ1v) is 6.76. The molecule has 0 spiro atoms. The number of ether oxygens (including phenoxy) is 2. The summed E-state index contributed by atoms with van der Waals surface area (Å²) in [4.78, 5) is 25.3. The number of rotatable bonds is 2. The Hall–Kier alpha value is -2.12. The summed E-state index contributed by atoms with van der Waals surface area (Å²) in [6, 6.07) is 4.93. The molecule has 1 fully saturated rings. The van der Waals surface area contributed by atoms with Crippen LogP contribution in [0.2, 0.25) is 0 Å². The molecule has 0 saturated carbocycles. The maximum atomic E-state index is 12.5. The van der Waals surface area contributed by atoms with Crippen LogP contribution < -0.4 is 10.1 Å². The second kappa shape index (κ2) is 5.71. The van der Waals surface area contributed by atoms with Crippen molar-refractivity contribution < 1.29 is 24.2 Å². The highest BCUT2D eigenvalue weighted by Gasteiger charge is 2.26. The number of aliphatic hydroxyl groups excluding tert-OH is 1. The second-order valence-electron chi connectivity index (χ2n) is 4.97. The molecular weight excluding hydrogens is 276 g/mol. The van der Waals surface area contributed by atoms with Crippen LogP contribution in [0.25, 0.3) is 0 Å². The average Bonchev–Trinajstić information content (AvgIpc) is 2.53. The zero-order valence-corrected chi connectivity index (χ0v) is 11.4. The largest absolute Gasteiger partial charge is 0.482 e. The molecule has 0 aromatic heterocycles. The highest BCUT2D eigenvalue weighted by Crippen LogP contribution is 2.29. The van der Waals surface area contributed by atoms with E-state index in [2.05, 4.69) is 5.32 Å². The number of aliphatic hydroxyl groups is 1. The molecule has 2 N–H and O–H groups in total. The second-order valence-corrected chi connectivity index (χ2v) is 4.97. The summed E-state index contributed by atoms with van der Waals surface area (Å²) in [5.41, 5.74) is 1.06. The van der Waals surface area contributed by atoms with Crippen molar-refractivity contribution in [2.24, 2.45) is 0 Å². The lowest BCUT2D eigenvalue weighted by atomic mass is 10.1. The van der Waals surface area contributed by atoms with Crippen LogP contribution in [0.15, 0.2) is 18.2 Å². The molecule has 2 amide bonds. The van der Waals surface area contributed by atoms with Gasteiger partial charge in [0.05, 0.1) is 25.0 Å². The fourth-order valence-corrected chi connectivity index (χ4v) is 2.40. The molecule has 2 aliphatic rings. The fourth-order valence-electron chi connectivity index (χ4n) is 2.40. The average molecular weight is 292 g/mol. The Morgan fingerprint density at radius 3 is 3.14 bits per heavy atom. The van der Waals surface area contributed by atoms with Crippen LogP contribution in [0.5, 0.6) is 5.75 Å². The summed E-state index contributed by atoms with van der Waals surface area (Å²) >= 11 is 0. The molecule has 3 rings (SSSR count). The topological polar surface area (TPSA) is 88.1 Å². The predicted molar refractivity (Wildman–Crippen MR) is 73.3 cm³/mol. The number of anilines is 1. The summed E-state index contributed by atoms with van der Waals surface area (Å²) in [6.07, 6.45) is -0.337. The number of carbonyl (C=O) groups excluding carboxylic acids is 2. The molecule has 0 aliphatic carbocycles. The van der Waals surface area contributed by atoms with Gasteiger partial charge >= 0.3 is 0 Å². The molecule has 7 heteroatoms. The number of carbonyl (C=O) groups is 2. The molecular formula is C14H16N2O5. The van der Waals surface area contributed by atoms with E-state index in [1.165, 1.54) is 0 Å². The Morgan fingerprint density at radius 2 is 2.33 bits per heavy atom. The number of hydrogen-bond donors (Lipinski definition) is 2. The third-order valence-electron chi connectivity index (χ3n) is 3.49. The van der Waals surface area contributed by atoms with E-state index >= 15 is 0 Å². The van der Waals surface area contributed by atoms with Gasteiger partial charge in [-0.15, -0.1) is 0 Å². The number of nitrogens with one attached hydrogen (secondary N) is 1. The molecule has 112 valence electrons. The lowest BCUT2D eigenvalue weighted by Gasteiger charge is -2.32. The number of amides is 2. The number of morpholine rings is 1. The third kappa shape index (κ3) is 2.84. The third-order valence-corrected chi connectivity index (χ3v) is 3.49. The summed E-state index contributed by atoms with van der Waals surface area (Å²) in [7, 11) is 0. The van der Waals surface area contributed by atoms with Crippen molar-refractivity contribution in [3.05, 3.63) is 23.8 Å². The SMILES string of the molecule is O=C1COc2cc(C(=O)N3CCOC(CO)C3)ccc2N1. The van der Waals surface area contributed by atoms with Gasteiger partial charge in [0.15, 0.2) is 6.61 Å². The van der Waals surface area contributed by atoms with E-state index in [0.29, 0.717) is 36.7 Å². The van der Waals surface area contributed by atoms with Crippen molar-refractivity contribution in [1.82, 2.24) is 4.90 Å². The van der Waals surface area contributed by atoms with E-state index in [1.807, 2.05) is 0 Å². The molecule has 21 heavy (non-hydrogen) atoms. The molecule has 0 bridgehead atoms. The van der Waals surface area contributed by atoms with Crippen LogP contribution in [0.1, 0.15) is 10.4 Å². The van der Waals surface area contributed by atoms with Gasteiger partial charge in [0, 0.05) is 18.7 Å². The first-order chi connectivity index (χ1) is 10.2. The quantitative estimate of drug-likeness (QED) is 0.791. The summed E-state index contributed by atoms with van der Waals surface area (Å²) < 4.78 is 10.6. The minimum absolute atomic E-state index is 0.0468. The van der Waals surface area contributed by atoms with E-state index in [0.717, 1.165) is 0 Å². The maximum absolute atomic E-state index is 12.5. The van der Waals surface area contributed by atoms with Crippen molar-refractivity contribution in [2.45, 2.75) is 6.10 Å². The Labute approximate surface area is 121 Å². The number of fused-ring (bicyclic) bond motifs is 1. The zero-order chi connectivity index (χ0) is 14.8. The van der Waals surface area contributed by atoms with Gasteiger partial charge < -0.3 is 24.8 Å². The Morgan fingerprint density at radius 1 is 1.48 bits per heavy atom. The van der Waals surface area contributed by atoms with Gasteiger partial charge in [-0.2, -0.15) is 0 Å². The van der Waals surface area contributed by atoms with Crippen molar-refractivity contribution in [3.8, 4) is 5.75 Å². The van der Waals surface area contributed by atoms with Gasteiger partial charge in [-0.1, -0.05) is 0 Å². The van der Waals surface area contributed by atoms with E-state index in [1.54, 1.807) is 23.1 Å². The first-order valence-electron chi connectivity index (χ1n) is 6.76. The van der Waals surface area contributed by atoms with Gasteiger partial charge in [-0.25, -0.2) is 0 Å². The minimum Gasteiger partial charge on any atom is -0.482 e. The molecule has 7 nitrogen and oxygen atoms in total. The minimum atomic E-state index is -0.337. The smallest absolute Gasteiger partial charge is 0.262 e. The molecule has 0 radical (unpaired) electrons. The lowest BCUT2D eigenvalue weighted by molar-refractivity contribution is -0.118. The predicted octanol–water partition coefficient (Wildman–Crippen LogP) is -0.149. The summed E-state index contributed by atoms with van der Waals surface area (Å²) in [6.45, 7) is 1.11. The Balaban J connectivity index is 1.77. The van der Waals surface area contributed by atoms with Crippen LogP contribution >= 0.6 is 0 Å². The van der Waals surface area contributed by atoms with Crippen molar-refractivity contribution >= 4 is 17.5 Å². The molecule has 1 atom stereocenters. The highest BCUT2D eigenvalue weighted by atomic mass is 16.5. The van der Waals surface area contributed by atoms with Crippen molar-refractivity contribution in [1.29, 1.82) is 0 Å². The van der Waals surface area contributed by atoms with Gasteiger partial charge in [0.25, 0.3) is 11.8 Å². The van der Waals surface area contributed by atoms with Crippen molar-refractivity contribution in [2.75, 3.05) is 38.2 Å². The molecule has 1 aromatic rings. The van der Waals surface area contributed by atoms with Crippen molar-refractivity contribution in [3.63, 3.8) is 0 Å². The fraction of sp³-hybridized carbons (Fsp3) is 0.429. The van der Waals surface area contributed by atoms with E-state index < -0.39 is 0 Å². The molecule has 1 aromatic carbocycles. The monoisotopic (exact) mass is 292 g/mol. The zero-order valence-electron chi connectivity index (χ0n) is 11.4. The molecule has 2 heterocycles. The van der Waals surface area contributed by atoms with Gasteiger partial charge in [-0.05, 0) is 18.2 Å². The molecule has 2 aliphatic heterocycles. The van der Waals surface area contributed by atoms with Crippen LogP contribution in [0.3, 0.4) is 0 Å². The number of nitrogens with zero attached hydrogens (tertiary/aromatic N) is 1. The summed E-state index contributed by atoms with van der Waals surface area (Å²) in [5, 5.41) is 11.8. The first kappa shape index (κ1) is 13.8. The van der Waals surface area contributed by atoms with E-state index in [4.69, 9.17) is 14.6 Å².